The summed E-state index contributed by atoms with van der Waals surface area (Å²) in [5.41, 5.74) is 0.611. The molecule has 2 N–H and O–H groups in total. The van der Waals surface area contributed by atoms with E-state index in [1.165, 1.54) is 46.6 Å². The van der Waals surface area contributed by atoms with Crippen molar-refractivity contribution in [2.45, 2.75) is 23.0 Å². The van der Waals surface area contributed by atoms with Crippen LogP contribution in [0.1, 0.15) is 22.4 Å². The van der Waals surface area contributed by atoms with Crippen LogP contribution in [0.15, 0.2) is 51.3 Å². The molecular formula is C20H18FN7O2S4. The van der Waals surface area contributed by atoms with Crippen LogP contribution < -0.4 is 10.6 Å². The Morgan fingerprint density at radius 2 is 1.91 bits per heavy atom. The SMILES string of the molecule is CCSc1nnc(NC(=O)CSc2nnc(CNC(=O)c3cccs3)n2-c2ccc(F)cc2)s1. The Kier molecular flexibility index (Phi) is 8.26. The molecule has 0 fully saturated rings. The van der Waals surface area contributed by atoms with Gasteiger partial charge in [0, 0.05) is 5.69 Å². The van der Waals surface area contributed by atoms with Crippen LogP contribution >= 0.6 is 46.2 Å². The van der Waals surface area contributed by atoms with Crippen LogP contribution in [0.2, 0.25) is 0 Å². The number of nitrogens with one attached hydrogen (secondary N) is 2. The zero-order chi connectivity index (χ0) is 23.9. The van der Waals surface area contributed by atoms with Crippen molar-refractivity contribution in [3.05, 3.63) is 58.3 Å². The van der Waals surface area contributed by atoms with Crippen molar-refractivity contribution in [3.63, 3.8) is 0 Å². The lowest BCUT2D eigenvalue weighted by Gasteiger charge is -2.11. The van der Waals surface area contributed by atoms with Gasteiger partial charge in [-0.3, -0.25) is 19.5 Å². The summed E-state index contributed by atoms with van der Waals surface area (Å²) >= 11 is 5.37. The smallest absolute Gasteiger partial charge is 0.261 e. The molecule has 0 saturated carbocycles. The minimum absolute atomic E-state index is 0.0523. The number of amides is 2. The largest absolute Gasteiger partial charge is 0.344 e. The topological polar surface area (TPSA) is 115 Å². The molecule has 2 amide bonds. The monoisotopic (exact) mass is 535 g/mol. The highest BCUT2D eigenvalue weighted by atomic mass is 32.2. The van der Waals surface area contributed by atoms with Gasteiger partial charge < -0.3 is 5.32 Å². The molecule has 9 nitrogen and oxygen atoms in total. The van der Waals surface area contributed by atoms with E-state index in [1.807, 2.05) is 12.3 Å². The molecule has 0 aliphatic carbocycles. The summed E-state index contributed by atoms with van der Waals surface area (Å²) < 4.78 is 16.0. The van der Waals surface area contributed by atoms with E-state index in [0.29, 0.717) is 26.7 Å². The standard InChI is InChI=1S/C20H18FN7O2S4/c1-2-31-20-27-25-18(34-20)23-16(29)11-33-19-26-24-15(10-22-17(30)14-4-3-9-32-14)28(19)13-7-5-12(21)6-8-13/h3-9H,2,10-11H2,1H3,(H,22,30)(H,23,25,29). The molecule has 0 radical (unpaired) electrons. The van der Waals surface area contributed by atoms with Crippen molar-refractivity contribution in [2.75, 3.05) is 16.8 Å². The highest BCUT2D eigenvalue weighted by Crippen LogP contribution is 2.26. The molecule has 1 aromatic carbocycles. The first-order valence-electron chi connectivity index (χ1n) is 9.94. The van der Waals surface area contributed by atoms with Gasteiger partial charge in [0.1, 0.15) is 5.82 Å². The lowest BCUT2D eigenvalue weighted by atomic mass is 10.3. The Morgan fingerprint density at radius 3 is 2.65 bits per heavy atom. The van der Waals surface area contributed by atoms with Crippen LogP contribution in [-0.2, 0) is 11.3 Å². The molecule has 3 aromatic heterocycles. The number of benzene rings is 1. The van der Waals surface area contributed by atoms with Crippen molar-refractivity contribution >= 4 is 63.1 Å². The third kappa shape index (κ3) is 6.20. The van der Waals surface area contributed by atoms with Gasteiger partial charge >= 0.3 is 0 Å². The molecule has 0 spiro atoms. The maximum absolute atomic E-state index is 13.5. The molecule has 176 valence electrons. The summed E-state index contributed by atoms with van der Waals surface area (Å²) in [5.74, 6) is 0.496. The Morgan fingerprint density at radius 1 is 1.09 bits per heavy atom. The second kappa shape index (κ2) is 11.6. The van der Waals surface area contributed by atoms with E-state index in [-0.39, 0.29) is 29.9 Å². The second-order valence-corrected chi connectivity index (χ2v) is 10.9. The molecule has 4 aromatic rings. The highest BCUT2D eigenvalue weighted by Gasteiger charge is 2.18. The van der Waals surface area contributed by atoms with Crippen molar-refractivity contribution in [3.8, 4) is 5.69 Å². The van der Waals surface area contributed by atoms with E-state index in [1.54, 1.807) is 40.6 Å². The predicted molar refractivity (Wildman–Crippen MR) is 132 cm³/mol. The Bertz CT molecular complexity index is 1260. The van der Waals surface area contributed by atoms with Crippen LogP contribution in [0.5, 0.6) is 0 Å². The van der Waals surface area contributed by atoms with E-state index >= 15 is 0 Å². The average molecular weight is 536 g/mol. The van der Waals surface area contributed by atoms with E-state index in [4.69, 9.17) is 0 Å². The zero-order valence-corrected chi connectivity index (χ0v) is 21.0. The van der Waals surface area contributed by atoms with Gasteiger partial charge in [-0.25, -0.2) is 4.39 Å². The van der Waals surface area contributed by atoms with E-state index in [2.05, 4.69) is 31.0 Å². The molecule has 0 saturated heterocycles. The summed E-state index contributed by atoms with van der Waals surface area (Å²) in [7, 11) is 0. The fourth-order valence-electron chi connectivity index (χ4n) is 2.74. The van der Waals surface area contributed by atoms with Crippen molar-refractivity contribution in [1.82, 2.24) is 30.3 Å². The molecule has 0 atom stereocenters. The number of rotatable bonds is 10. The first-order valence-corrected chi connectivity index (χ1v) is 13.6. The van der Waals surface area contributed by atoms with Crippen LogP contribution in [0.4, 0.5) is 9.52 Å². The number of halogens is 1. The normalized spacial score (nSPS) is 10.9. The van der Waals surface area contributed by atoms with Crippen molar-refractivity contribution in [2.24, 2.45) is 0 Å². The summed E-state index contributed by atoms with van der Waals surface area (Å²) in [4.78, 5) is 25.3. The number of aromatic nitrogens is 5. The maximum Gasteiger partial charge on any atom is 0.261 e. The Hall–Kier alpha value is -2.81. The Balaban J connectivity index is 1.46. The second-order valence-electron chi connectivity index (χ2n) is 6.51. The molecule has 4 rings (SSSR count). The number of carbonyl (C=O) groups is 2. The summed E-state index contributed by atoms with van der Waals surface area (Å²) in [6.07, 6.45) is 0. The highest BCUT2D eigenvalue weighted by molar-refractivity contribution is 8.01. The molecular weight excluding hydrogens is 518 g/mol. The van der Waals surface area contributed by atoms with Gasteiger partial charge in [0.15, 0.2) is 15.3 Å². The van der Waals surface area contributed by atoms with Gasteiger partial charge in [-0.2, -0.15) is 0 Å². The lowest BCUT2D eigenvalue weighted by Crippen LogP contribution is -2.24. The first kappa shape index (κ1) is 24.3. The minimum atomic E-state index is -0.379. The average Bonchev–Trinajstić information content (AvgIpc) is 3.59. The van der Waals surface area contributed by atoms with Gasteiger partial charge in [-0.15, -0.1) is 31.7 Å². The van der Waals surface area contributed by atoms with Gasteiger partial charge in [0.2, 0.25) is 11.0 Å². The number of hydrogen-bond donors (Lipinski definition) is 2. The lowest BCUT2D eigenvalue weighted by molar-refractivity contribution is -0.113. The molecule has 3 heterocycles. The van der Waals surface area contributed by atoms with Crippen LogP contribution in [0.3, 0.4) is 0 Å². The number of carbonyl (C=O) groups excluding carboxylic acids is 2. The number of nitrogens with zero attached hydrogens (tertiary/aromatic N) is 5. The van der Waals surface area contributed by atoms with Gasteiger partial charge in [0.25, 0.3) is 5.91 Å². The van der Waals surface area contributed by atoms with E-state index < -0.39 is 0 Å². The fourth-order valence-corrected chi connectivity index (χ4v) is 5.82. The van der Waals surface area contributed by atoms with Gasteiger partial charge in [-0.1, -0.05) is 47.9 Å². The molecule has 0 bridgehead atoms. The number of anilines is 1. The van der Waals surface area contributed by atoms with Gasteiger partial charge in [0.05, 0.1) is 17.2 Å². The van der Waals surface area contributed by atoms with Crippen LogP contribution in [0, 0.1) is 5.82 Å². The summed E-state index contributed by atoms with van der Waals surface area (Å²) in [5, 5.41) is 24.6. The summed E-state index contributed by atoms with van der Waals surface area (Å²) in [6, 6.07) is 9.35. The molecule has 14 heteroatoms. The molecule has 34 heavy (non-hydrogen) atoms. The van der Waals surface area contributed by atoms with Crippen molar-refractivity contribution in [1.29, 1.82) is 0 Å². The van der Waals surface area contributed by atoms with E-state index in [0.717, 1.165) is 10.1 Å². The Labute approximate surface area is 210 Å². The fraction of sp³-hybridized carbons (Fsp3) is 0.200. The van der Waals surface area contributed by atoms with Crippen molar-refractivity contribution < 1.29 is 14.0 Å². The maximum atomic E-state index is 13.5. The van der Waals surface area contributed by atoms with Gasteiger partial charge in [-0.05, 0) is 41.5 Å². The third-order valence-corrected chi connectivity index (χ3v) is 7.84. The van der Waals surface area contributed by atoms with E-state index in [9.17, 15) is 14.0 Å². The van der Waals surface area contributed by atoms with Crippen LogP contribution in [0.25, 0.3) is 5.69 Å². The summed E-state index contributed by atoms with van der Waals surface area (Å²) in [6.45, 7) is 2.12. The number of thiophene rings is 1. The predicted octanol–water partition coefficient (Wildman–Crippen LogP) is 4.09. The molecule has 0 unspecified atom stereocenters. The zero-order valence-electron chi connectivity index (χ0n) is 17.7. The van der Waals surface area contributed by atoms with Crippen LogP contribution in [-0.4, -0.2) is 48.3 Å². The molecule has 0 aliphatic heterocycles. The molecule has 0 aliphatic rings. The first-order chi connectivity index (χ1) is 16.5. The number of hydrogen-bond acceptors (Lipinski definition) is 10. The number of thioether (sulfide) groups is 2. The third-order valence-electron chi connectivity index (χ3n) is 4.19. The quantitative estimate of drug-likeness (QED) is 0.231. The minimum Gasteiger partial charge on any atom is -0.344 e.